The second-order valence-electron chi connectivity index (χ2n) is 4.82. The fourth-order valence-corrected chi connectivity index (χ4v) is 2.10. The van der Waals surface area contributed by atoms with Crippen LogP contribution in [0.4, 0.5) is 5.69 Å². The molecule has 1 aromatic heterocycles. The van der Waals surface area contributed by atoms with Gasteiger partial charge in [0, 0.05) is 18.5 Å². The maximum Gasteiger partial charge on any atom is 0.336 e. The van der Waals surface area contributed by atoms with Crippen molar-refractivity contribution in [1.29, 1.82) is 0 Å². The van der Waals surface area contributed by atoms with E-state index in [0.29, 0.717) is 0 Å². The molecular formula is C15H15N3O5. The predicted molar refractivity (Wildman–Crippen MR) is 81.1 cm³/mol. The zero-order valence-corrected chi connectivity index (χ0v) is 12.6. The van der Waals surface area contributed by atoms with E-state index in [1.54, 1.807) is 19.1 Å². The summed E-state index contributed by atoms with van der Waals surface area (Å²) in [6, 6.07) is 4.67. The molecular weight excluding hydrogens is 302 g/mol. The van der Waals surface area contributed by atoms with Gasteiger partial charge in [-0.3, -0.25) is 14.7 Å². The van der Waals surface area contributed by atoms with Gasteiger partial charge in [-0.2, -0.15) is 0 Å². The molecule has 1 unspecified atom stereocenters. The lowest BCUT2D eigenvalue weighted by Crippen LogP contribution is -2.16. The number of methoxy groups -OCH3 is 1. The van der Waals surface area contributed by atoms with Gasteiger partial charge in [-0.15, -0.1) is 0 Å². The standard InChI is InChI=1S/C15H15N3O5/c1-9-4-5-11(12(8-9)18(21)22)17-7-6-16-14(17)13(19)10(2)15(20)23-3/h4-8,13,19H,2H2,1,3H3. The monoisotopic (exact) mass is 317 g/mol. The van der Waals surface area contributed by atoms with E-state index in [0.717, 1.165) is 12.7 Å². The second-order valence-corrected chi connectivity index (χ2v) is 4.82. The third kappa shape index (κ3) is 3.11. The summed E-state index contributed by atoms with van der Waals surface area (Å²) in [7, 11) is 1.16. The van der Waals surface area contributed by atoms with Crippen LogP contribution in [-0.4, -0.2) is 32.7 Å². The molecule has 0 bridgehead atoms. The Morgan fingerprint density at radius 2 is 2.22 bits per heavy atom. The van der Waals surface area contributed by atoms with Gasteiger partial charge >= 0.3 is 5.97 Å². The molecule has 0 amide bonds. The van der Waals surface area contributed by atoms with Crippen molar-refractivity contribution in [1.82, 2.24) is 9.55 Å². The Morgan fingerprint density at radius 3 is 2.83 bits per heavy atom. The van der Waals surface area contributed by atoms with Crippen LogP contribution in [0, 0.1) is 17.0 Å². The van der Waals surface area contributed by atoms with Crippen molar-refractivity contribution >= 4 is 11.7 Å². The second kappa shape index (κ2) is 6.41. The summed E-state index contributed by atoms with van der Waals surface area (Å²) in [5, 5.41) is 21.5. The normalized spacial score (nSPS) is 11.8. The van der Waals surface area contributed by atoms with E-state index in [2.05, 4.69) is 16.3 Å². The van der Waals surface area contributed by atoms with Crippen LogP contribution < -0.4 is 0 Å². The molecule has 1 atom stereocenters. The first-order chi connectivity index (χ1) is 10.9. The van der Waals surface area contributed by atoms with Gasteiger partial charge in [-0.1, -0.05) is 12.6 Å². The largest absolute Gasteiger partial charge is 0.466 e. The summed E-state index contributed by atoms with van der Waals surface area (Å²) in [4.78, 5) is 26.2. The molecule has 1 aromatic carbocycles. The molecule has 1 N–H and O–H groups in total. The van der Waals surface area contributed by atoms with Gasteiger partial charge in [0.25, 0.3) is 5.69 Å². The van der Waals surface area contributed by atoms with Crippen molar-refractivity contribution in [3.05, 3.63) is 64.2 Å². The Hall–Kier alpha value is -3.00. The molecule has 0 fully saturated rings. The minimum absolute atomic E-state index is 0.0346. The maximum atomic E-state index is 11.5. The Labute approximate surface area is 131 Å². The fraction of sp³-hybridized carbons (Fsp3) is 0.200. The van der Waals surface area contributed by atoms with Crippen LogP contribution >= 0.6 is 0 Å². The molecule has 0 saturated carbocycles. The topological polar surface area (TPSA) is 107 Å². The van der Waals surface area contributed by atoms with Crippen molar-refractivity contribution < 1.29 is 19.6 Å². The smallest absolute Gasteiger partial charge is 0.336 e. The third-order valence-corrected chi connectivity index (χ3v) is 3.28. The number of esters is 1. The molecule has 0 aliphatic rings. The highest BCUT2D eigenvalue weighted by molar-refractivity contribution is 5.88. The Kier molecular flexibility index (Phi) is 4.56. The quantitative estimate of drug-likeness (QED) is 0.390. The van der Waals surface area contributed by atoms with Gasteiger partial charge in [0.15, 0.2) is 0 Å². The molecule has 0 aliphatic carbocycles. The van der Waals surface area contributed by atoms with Crippen molar-refractivity contribution in [2.75, 3.05) is 7.11 Å². The summed E-state index contributed by atoms with van der Waals surface area (Å²) in [5.74, 6) is -0.752. The van der Waals surface area contributed by atoms with Crippen molar-refractivity contribution in [3.63, 3.8) is 0 Å². The number of benzene rings is 1. The lowest BCUT2D eigenvalue weighted by Gasteiger charge is -2.14. The SMILES string of the molecule is C=C(C(=O)OC)C(O)c1nccn1-c1ccc(C)cc1[N+](=O)[O-]. The van der Waals surface area contributed by atoms with Crippen molar-refractivity contribution in [2.24, 2.45) is 0 Å². The van der Waals surface area contributed by atoms with Crippen LogP contribution in [0.25, 0.3) is 5.69 Å². The molecule has 0 radical (unpaired) electrons. The van der Waals surface area contributed by atoms with Gasteiger partial charge in [0.2, 0.25) is 0 Å². The first-order valence-electron chi connectivity index (χ1n) is 6.60. The van der Waals surface area contributed by atoms with E-state index in [1.165, 1.54) is 23.0 Å². The van der Waals surface area contributed by atoms with Crippen molar-refractivity contribution in [2.45, 2.75) is 13.0 Å². The summed E-state index contributed by atoms with van der Waals surface area (Å²) in [6.45, 7) is 5.21. The number of nitrogens with zero attached hydrogens (tertiary/aromatic N) is 3. The zero-order chi connectivity index (χ0) is 17.1. The molecule has 8 nitrogen and oxygen atoms in total. The molecule has 8 heteroatoms. The van der Waals surface area contributed by atoms with Crippen LogP contribution in [0.3, 0.4) is 0 Å². The third-order valence-electron chi connectivity index (χ3n) is 3.28. The van der Waals surface area contributed by atoms with Crippen molar-refractivity contribution in [3.8, 4) is 5.69 Å². The summed E-state index contributed by atoms with van der Waals surface area (Å²) < 4.78 is 5.85. The van der Waals surface area contributed by atoms with E-state index in [1.807, 2.05) is 0 Å². The molecule has 1 heterocycles. The highest BCUT2D eigenvalue weighted by atomic mass is 16.6. The Bertz CT molecular complexity index is 781. The minimum atomic E-state index is -1.45. The summed E-state index contributed by atoms with van der Waals surface area (Å²) in [5.41, 5.74) is 0.598. The number of hydrogen-bond acceptors (Lipinski definition) is 6. The van der Waals surface area contributed by atoms with E-state index in [-0.39, 0.29) is 22.8 Å². The van der Waals surface area contributed by atoms with E-state index < -0.39 is 17.0 Å². The zero-order valence-electron chi connectivity index (χ0n) is 12.6. The summed E-state index contributed by atoms with van der Waals surface area (Å²) >= 11 is 0. The molecule has 2 aromatic rings. The molecule has 120 valence electrons. The Balaban J connectivity index is 2.53. The lowest BCUT2D eigenvalue weighted by atomic mass is 10.1. The van der Waals surface area contributed by atoms with Gasteiger partial charge in [-0.05, 0) is 18.6 Å². The molecule has 23 heavy (non-hydrogen) atoms. The van der Waals surface area contributed by atoms with Gasteiger partial charge in [0.05, 0.1) is 17.6 Å². The number of nitro groups is 1. The average Bonchev–Trinajstić information content (AvgIpc) is 3.01. The van der Waals surface area contributed by atoms with Gasteiger partial charge < -0.3 is 9.84 Å². The van der Waals surface area contributed by atoms with Crippen LogP contribution in [0.5, 0.6) is 0 Å². The number of nitro benzene ring substituents is 1. The van der Waals surface area contributed by atoms with Crippen LogP contribution in [0.1, 0.15) is 17.5 Å². The Morgan fingerprint density at radius 1 is 1.52 bits per heavy atom. The highest BCUT2D eigenvalue weighted by Crippen LogP contribution is 2.28. The number of aryl methyl sites for hydroxylation is 1. The number of ether oxygens (including phenoxy) is 1. The number of imidazole rings is 1. The maximum absolute atomic E-state index is 11.5. The predicted octanol–water partition coefficient (Wildman–Crippen LogP) is 1.85. The lowest BCUT2D eigenvalue weighted by molar-refractivity contribution is -0.384. The number of hydrogen-bond donors (Lipinski definition) is 1. The first kappa shape index (κ1) is 16.4. The van der Waals surface area contributed by atoms with Crippen LogP contribution in [-0.2, 0) is 9.53 Å². The van der Waals surface area contributed by atoms with Crippen LogP contribution in [0.15, 0.2) is 42.7 Å². The van der Waals surface area contributed by atoms with Gasteiger partial charge in [-0.25, -0.2) is 9.78 Å². The highest BCUT2D eigenvalue weighted by Gasteiger charge is 2.26. The number of aromatic nitrogens is 2. The first-order valence-corrected chi connectivity index (χ1v) is 6.60. The number of carbonyl (C=O) groups is 1. The molecule has 2 rings (SSSR count). The molecule has 0 aliphatic heterocycles. The minimum Gasteiger partial charge on any atom is -0.466 e. The average molecular weight is 317 g/mol. The molecule has 0 saturated heterocycles. The number of aliphatic hydroxyl groups is 1. The van der Waals surface area contributed by atoms with E-state index in [4.69, 9.17) is 0 Å². The molecule has 0 spiro atoms. The van der Waals surface area contributed by atoms with Gasteiger partial charge in [0.1, 0.15) is 17.6 Å². The van der Waals surface area contributed by atoms with Crippen LogP contribution in [0.2, 0.25) is 0 Å². The number of carbonyl (C=O) groups excluding carboxylic acids is 1. The van der Waals surface area contributed by atoms with E-state index in [9.17, 15) is 20.0 Å². The van der Waals surface area contributed by atoms with E-state index >= 15 is 0 Å². The number of rotatable bonds is 5. The number of aliphatic hydroxyl groups excluding tert-OH is 1. The fourth-order valence-electron chi connectivity index (χ4n) is 2.10. The summed E-state index contributed by atoms with van der Waals surface area (Å²) in [6.07, 6.45) is 1.38.